The van der Waals surface area contributed by atoms with Gasteiger partial charge in [0.05, 0.1) is 15.7 Å². The number of nitrogens with two attached hydrogens (primary N) is 1. The van der Waals surface area contributed by atoms with Crippen LogP contribution in [0.3, 0.4) is 0 Å². The van der Waals surface area contributed by atoms with E-state index in [1.54, 1.807) is 29.9 Å². The van der Waals surface area contributed by atoms with E-state index in [4.69, 9.17) is 28.9 Å². The molecule has 0 aliphatic rings. The number of hydrogen-bond donors (Lipinski definition) is 1. The smallest absolute Gasteiger partial charge is 0.129 e. The van der Waals surface area contributed by atoms with Crippen LogP contribution < -0.4 is 5.73 Å². The monoisotopic (exact) mass is 255 g/mol. The van der Waals surface area contributed by atoms with Crippen molar-refractivity contribution in [2.24, 2.45) is 7.05 Å². The summed E-state index contributed by atoms with van der Waals surface area (Å²) in [7, 11) is 1.79. The van der Waals surface area contributed by atoms with Gasteiger partial charge < -0.3 is 5.73 Å². The molecule has 0 aliphatic heterocycles. The van der Waals surface area contributed by atoms with Gasteiger partial charge in [0.15, 0.2) is 0 Å². The Kier molecular flexibility index (Phi) is 2.82. The van der Waals surface area contributed by atoms with Crippen molar-refractivity contribution < 1.29 is 0 Å². The summed E-state index contributed by atoms with van der Waals surface area (Å²) >= 11 is 12.3. The molecule has 0 unspecified atom stereocenters. The van der Waals surface area contributed by atoms with Crippen LogP contribution in [0.1, 0.15) is 5.69 Å². The van der Waals surface area contributed by atoms with Crippen molar-refractivity contribution in [3.8, 4) is 11.1 Å². The van der Waals surface area contributed by atoms with E-state index < -0.39 is 0 Å². The predicted molar refractivity (Wildman–Crippen MR) is 67.8 cm³/mol. The summed E-state index contributed by atoms with van der Waals surface area (Å²) in [4.78, 5) is 0. The molecule has 84 valence electrons. The first-order valence-corrected chi connectivity index (χ1v) is 5.51. The first-order chi connectivity index (χ1) is 7.52. The molecule has 1 aromatic heterocycles. The highest BCUT2D eigenvalue weighted by molar-refractivity contribution is 6.39. The number of aryl methyl sites for hydroxylation is 2. The first kappa shape index (κ1) is 11.3. The molecule has 0 bridgehead atoms. The molecule has 0 saturated carbocycles. The van der Waals surface area contributed by atoms with E-state index in [-0.39, 0.29) is 0 Å². The van der Waals surface area contributed by atoms with Gasteiger partial charge in [-0.2, -0.15) is 5.10 Å². The zero-order valence-electron chi connectivity index (χ0n) is 8.96. The van der Waals surface area contributed by atoms with Gasteiger partial charge in [0.2, 0.25) is 0 Å². The molecule has 0 radical (unpaired) electrons. The van der Waals surface area contributed by atoms with Crippen LogP contribution in [0.5, 0.6) is 0 Å². The second-order valence-corrected chi connectivity index (χ2v) is 4.38. The van der Waals surface area contributed by atoms with Gasteiger partial charge in [-0.15, -0.1) is 0 Å². The third-order valence-electron chi connectivity index (χ3n) is 2.48. The molecule has 1 heterocycles. The molecule has 2 rings (SSSR count). The van der Waals surface area contributed by atoms with Crippen LogP contribution >= 0.6 is 23.2 Å². The zero-order chi connectivity index (χ0) is 11.9. The fourth-order valence-corrected chi connectivity index (χ4v) is 2.31. The minimum Gasteiger partial charge on any atom is -0.383 e. The molecule has 0 saturated heterocycles. The Hall–Kier alpha value is -1.19. The molecule has 0 aliphatic carbocycles. The summed E-state index contributed by atoms with van der Waals surface area (Å²) in [5.74, 6) is 0.563. The summed E-state index contributed by atoms with van der Waals surface area (Å²) in [5.41, 5.74) is 8.32. The summed E-state index contributed by atoms with van der Waals surface area (Å²) < 4.78 is 1.62. The molecule has 2 aromatic rings. The van der Waals surface area contributed by atoms with E-state index in [1.165, 1.54) is 0 Å². The Balaban J connectivity index is 2.77. The highest BCUT2D eigenvalue weighted by Gasteiger charge is 2.17. The van der Waals surface area contributed by atoms with Gasteiger partial charge in [0.1, 0.15) is 5.82 Å². The van der Waals surface area contributed by atoms with Crippen molar-refractivity contribution in [1.82, 2.24) is 9.78 Å². The third-order valence-corrected chi connectivity index (χ3v) is 3.11. The highest BCUT2D eigenvalue weighted by atomic mass is 35.5. The van der Waals surface area contributed by atoms with Gasteiger partial charge in [-0.1, -0.05) is 29.3 Å². The zero-order valence-corrected chi connectivity index (χ0v) is 10.5. The van der Waals surface area contributed by atoms with Crippen molar-refractivity contribution in [2.45, 2.75) is 6.92 Å². The minimum absolute atomic E-state index is 0.563. The average molecular weight is 256 g/mol. The summed E-state index contributed by atoms with van der Waals surface area (Å²) in [5, 5.41) is 5.40. The molecule has 5 heteroatoms. The number of hydrogen-bond acceptors (Lipinski definition) is 2. The Morgan fingerprint density at radius 2 is 1.75 bits per heavy atom. The lowest BCUT2D eigenvalue weighted by Gasteiger charge is -2.07. The van der Waals surface area contributed by atoms with E-state index >= 15 is 0 Å². The summed E-state index contributed by atoms with van der Waals surface area (Å²) in [6, 6.07) is 5.37. The fraction of sp³-hybridized carbons (Fsp3) is 0.182. The number of rotatable bonds is 1. The molecule has 0 amide bonds. The standard InChI is InChI=1S/C11H11Cl2N3/c1-6-9(11(14)16(2)15-6)10-7(12)4-3-5-8(10)13/h3-5H,14H2,1-2H3. The molecular formula is C11H11Cl2N3. The van der Waals surface area contributed by atoms with Crippen molar-refractivity contribution >= 4 is 29.0 Å². The van der Waals surface area contributed by atoms with Crippen molar-refractivity contribution in [3.05, 3.63) is 33.9 Å². The van der Waals surface area contributed by atoms with Crippen molar-refractivity contribution in [2.75, 3.05) is 5.73 Å². The molecular weight excluding hydrogens is 245 g/mol. The van der Waals surface area contributed by atoms with Crippen LogP contribution in [0.15, 0.2) is 18.2 Å². The third kappa shape index (κ3) is 1.66. The molecule has 3 nitrogen and oxygen atoms in total. The predicted octanol–water partition coefficient (Wildman–Crippen LogP) is 3.28. The molecule has 0 spiro atoms. The van der Waals surface area contributed by atoms with Gasteiger partial charge in [-0.3, -0.25) is 4.68 Å². The van der Waals surface area contributed by atoms with Crippen LogP contribution in [0, 0.1) is 6.92 Å². The van der Waals surface area contributed by atoms with E-state index in [9.17, 15) is 0 Å². The Morgan fingerprint density at radius 3 is 2.19 bits per heavy atom. The quantitative estimate of drug-likeness (QED) is 0.850. The van der Waals surface area contributed by atoms with Gasteiger partial charge in [0, 0.05) is 18.2 Å². The SMILES string of the molecule is Cc1nn(C)c(N)c1-c1c(Cl)cccc1Cl. The van der Waals surface area contributed by atoms with Crippen molar-refractivity contribution in [3.63, 3.8) is 0 Å². The maximum Gasteiger partial charge on any atom is 0.129 e. The minimum atomic E-state index is 0.563. The normalized spacial score (nSPS) is 10.8. The molecule has 2 N–H and O–H groups in total. The second kappa shape index (κ2) is 4.00. The largest absolute Gasteiger partial charge is 0.383 e. The lowest BCUT2D eigenvalue weighted by molar-refractivity contribution is 0.767. The van der Waals surface area contributed by atoms with Gasteiger partial charge in [-0.05, 0) is 19.1 Å². The van der Waals surface area contributed by atoms with Gasteiger partial charge in [0.25, 0.3) is 0 Å². The van der Waals surface area contributed by atoms with Crippen LogP contribution in [0.25, 0.3) is 11.1 Å². The lowest BCUT2D eigenvalue weighted by atomic mass is 10.1. The van der Waals surface area contributed by atoms with Crippen LogP contribution in [-0.2, 0) is 7.05 Å². The highest BCUT2D eigenvalue weighted by Crippen LogP contribution is 2.39. The number of benzene rings is 1. The van der Waals surface area contributed by atoms with Crippen LogP contribution in [0.2, 0.25) is 10.0 Å². The number of nitrogen functional groups attached to an aromatic ring is 1. The van der Waals surface area contributed by atoms with E-state index in [2.05, 4.69) is 5.10 Å². The van der Waals surface area contributed by atoms with E-state index in [0.29, 0.717) is 15.9 Å². The van der Waals surface area contributed by atoms with Crippen molar-refractivity contribution in [1.29, 1.82) is 0 Å². The van der Waals surface area contributed by atoms with Crippen LogP contribution in [-0.4, -0.2) is 9.78 Å². The van der Waals surface area contributed by atoms with Crippen LogP contribution in [0.4, 0.5) is 5.82 Å². The number of halogens is 2. The summed E-state index contributed by atoms with van der Waals surface area (Å²) in [6.45, 7) is 1.88. The summed E-state index contributed by atoms with van der Waals surface area (Å²) in [6.07, 6.45) is 0. The van der Waals surface area contributed by atoms with E-state index in [0.717, 1.165) is 16.8 Å². The van der Waals surface area contributed by atoms with E-state index in [1.807, 2.05) is 6.92 Å². The maximum absolute atomic E-state index is 6.14. The lowest BCUT2D eigenvalue weighted by Crippen LogP contribution is -1.98. The average Bonchev–Trinajstić information content (AvgIpc) is 2.44. The molecule has 16 heavy (non-hydrogen) atoms. The number of nitrogens with zero attached hydrogens (tertiary/aromatic N) is 2. The Bertz CT molecular complexity index is 526. The van der Waals surface area contributed by atoms with Gasteiger partial charge in [-0.25, -0.2) is 0 Å². The van der Waals surface area contributed by atoms with Gasteiger partial charge >= 0.3 is 0 Å². The fourth-order valence-electron chi connectivity index (χ4n) is 1.72. The maximum atomic E-state index is 6.14. The number of anilines is 1. The number of aromatic nitrogens is 2. The molecule has 1 aromatic carbocycles. The molecule has 0 fully saturated rings. The Labute approximate surface area is 104 Å². The molecule has 0 atom stereocenters. The Morgan fingerprint density at radius 1 is 1.19 bits per heavy atom. The topological polar surface area (TPSA) is 43.8 Å². The second-order valence-electron chi connectivity index (χ2n) is 3.57. The first-order valence-electron chi connectivity index (χ1n) is 4.76.